The predicted octanol–water partition coefficient (Wildman–Crippen LogP) is 2.57. The van der Waals surface area contributed by atoms with Gasteiger partial charge in [-0.3, -0.25) is 0 Å². The smallest absolute Gasteiger partial charge is 0.335 e. The number of rotatable bonds is 2. The highest BCUT2D eigenvalue weighted by Crippen LogP contribution is 1.96. The maximum absolute atomic E-state index is 10.2. The van der Waals surface area contributed by atoms with Crippen molar-refractivity contribution in [1.29, 1.82) is 10.8 Å². The van der Waals surface area contributed by atoms with Crippen LogP contribution in [0.1, 0.15) is 20.7 Å². The molecule has 0 saturated carbocycles. The minimum Gasteiger partial charge on any atom is -0.478 e. The summed E-state index contributed by atoms with van der Waals surface area (Å²) in [5.41, 5.74) is 0.662. The van der Waals surface area contributed by atoms with Gasteiger partial charge in [-0.1, -0.05) is 36.4 Å². The fourth-order valence-electron chi connectivity index (χ4n) is 1.16. The van der Waals surface area contributed by atoms with Crippen LogP contribution in [-0.2, 0) is 9.59 Å². The lowest BCUT2D eigenvalue weighted by atomic mass is 10.2. The van der Waals surface area contributed by atoms with Crippen LogP contribution >= 0.6 is 0 Å². The molecule has 0 heterocycles. The van der Waals surface area contributed by atoms with Crippen LogP contribution < -0.4 is 0 Å². The molecule has 0 aliphatic heterocycles. The van der Waals surface area contributed by atoms with Gasteiger partial charge in [0, 0.05) is 0 Å². The third-order valence-electron chi connectivity index (χ3n) is 2.04. The molecule has 2 aromatic carbocycles. The lowest BCUT2D eigenvalue weighted by molar-refractivity contribution is 0.0686. The molecule has 0 spiro atoms. The lowest BCUT2D eigenvalue weighted by Gasteiger charge is -1.88. The maximum atomic E-state index is 10.2. The molecule has 8 nitrogen and oxygen atoms in total. The highest BCUT2D eigenvalue weighted by Gasteiger charge is 1.97. The largest absolute Gasteiger partial charge is 0.478 e. The van der Waals surface area contributed by atoms with E-state index in [4.69, 9.17) is 30.6 Å². The van der Waals surface area contributed by atoms with Crippen molar-refractivity contribution in [2.75, 3.05) is 0 Å². The van der Waals surface area contributed by atoms with Gasteiger partial charge >= 0.3 is 11.9 Å². The maximum Gasteiger partial charge on any atom is 0.335 e. The number of carboxylic acids is 2. The van der Waals surface area contributed by atoms with Crippen LogP contribution in [0.15, 0.2) is 60.7 Å². The van der Waals surface area contributed by atoms with Crippen LogP contribution in [0.25, 0.3) is 0 Å². The molecule has 0 radical (unpaired) electrons. The molecule has 0 atom stereocenters. The van der Waals surface area contributed by atoms with Gasteiger partial charge in [0.05, 0.1) is 11.1 Å². The molecule has 0 aliphatic carbocycles. The van der Waals surface area contributed by atoms with Crippen molar-refractivity contribution < 1.29 is 29.4 Å². The van der Waals surface area contributed by atoms with Crippen molar-refractivity contribution in [3.05, 3.63) is 71.8 Å². The molecule has 8 heteroatoms. The zero-order chi connectivity index (χ0) is 18.8. The summed E-state index contributed by atoms with van der Waals surface area (Å²) >= 11 is 0. The molecular formula is C16H14N2O6. The lowest BCUT2D eigenvalue weighted by Crippen LogP contribution is -1.93. The molecule has 0 unspecified atom stereocenters. The van der Waals surface area contributed by atoms with Gasteiger partial charge in [0.2, 0.25) is 12.2 Å². The molecular weight excluding hydrogens is 316 g/mol. The fourth-order valence-corrected chi connectivity index (χ4v) is 1.16. The number of carbonyl (C=O) groups excluding carboxylic acids is 2. The van der Waals surface area contributed by atoms with E-state index >= 15 is 0 Å². The van der Waals surface area contributed by atoms with Gasteiger partial charge in [-0.15, -0.1) is 0 Å². The Labute approximate surface area is 137 Å². The Morgan fingerprint density at radius 1 is 0.667 bits per heavy atom. The number of aromatic carboxylic acids is 2. The van der Waals surface area contributed by atoms with E-state index in [1.54, 1.807) is 60.7 Å². The van der Waals surface area contributed by atoms with Gasteiger partial charge in [-0.05, 0) is 24.3 Å². The molecule has 0 amide bonds. The van der Waals surface area contributed by atoms with Crippen LogP contribution in [0.5, 0.6) is 0 Å². The monoisotopic (exact) mass is 330 g/mol. The zero-order valence-corrected chi connectivity index (χ0v) is 12.3. The van der Waals surface area contributed by atoms with E-state index in [0.29, 0.717) is 11.1 Å². The normalized spacial score (nSPS) is 7.33. The van der Waals surface area contributed by atoms with Crippen molar-refractivity contribution >= 4 is 24.1 Å². The molecule has 2 rings (SSSR count). The SMILES string of the molecule is N=C=O.N=C=O.O=C(O)c1ccccc1.O=C(O)c1ccccc1. The third-order valence-corrected chi connectivity index (χ3v) is 2.04. The van der Waals surface area contributed by atoms with Crippen LogP contribution in [0, 0.1) is 10.8 Å². The number of isocyanates is 2. The number of nitrogens with one attached hydrogen (secondary N) is 2. The van der Waals surface area contributed by atoms with Crippen LogP contribution in [0.3, 0.4) is 0 Å². The Bertz CT molecular complexity index is 613. The molecule has 0 bridgehead atoms. The highest BCUT2D eigenvalue weighted by molar-refractivity contribution is 5.87. The second-order valence-electron chi connectivity index (χ2n) is 3.55. The fraction of sp³-hybridized carbons (Fsp3) is 0. The van der Waals surface area contributed by atoms with Crippen molar-refractivity contribution in [2.24, 2.45) is 0 Å². The average Bonchev–Trinajstić information content (AvgIpc) is 2.58. The van der Waals surface area contributed by atoms with Crippen molar-refractivity contribution in [3.8, 4) is 0 Å². The van der Waals surface area contributed by atoms with E-state index in [-0.39, 0.29) is 0 Å². The summed E-state index contributed by atoms with van der Waals surface area (Å²) in [6.45, 7) is 0. The summed E-state index contributed by atoms with van der Waals surface area (Å²) in [7, 11) is 0. The first kappa shape index (κ1) is 22.4. The topological polar surface area (TPSA) is 156 Å². The number of carboxylic acid groups (broad SMARTS) is 2. The molecule has 124 valence electrons. The summed E-state index contributed by atoms with van der Waals surface area (Å²) in [5, 5.41) is 27.6. The first-order chi connectivity index (χ1) is 11.4. The highest BCUT2D eigenvalue weighted by atomic mass is 16.4. The van der Waals surface area contributed by atoms with Crippen LogP contribution in [-0.4, -0.2) is 34.3 Å². The second kappa shape index (κ2) is 15.5. The Kier molecular flexibility index (Phi) is 14.5. The molecule has 2 aromatic rings. The standard InChI is InChI=1S/2C7H6O2.2CHNO/c2*8-7(9)6-4-2-1-3-5-6;2*2-1-3/h2*1-5H,(H,8,9);2*2H. The summed E-state index contributed by atoms with van der Waals surface area (Å²) in [6, 6.07) is 16.6. The van der Waals surface area contributed by atoms with Gasteiger partial charge in [-0.25, -0.2) is 30.0 Å². The summed E-state index contributed by atoms with van der Waals surface area (Å²) in [5.74, 6) is -1.76. The van der Waals surface area contributed by atoms with Crippen molar-refractivity contribution in [2.45, 2.75) is 0 Å². The molecule has 24 heavy (non-hydrogen) atoms. The quantitative estimate of drug-likeness (QED) is 0.489. The molecule has 0 fully saturated rings. The van der Waals surface area contributed by atoms with Gasteiger partial charge < -0.3 is 10.2 Å². The third kappa shape index (κ3) is 13.1. The van der Waals surface area contributed by atoms with Gasteiger partial charge in [0.15, 0.2) is 0 Å². The first-order valence-corrected chi connectivity index (χ1v) is 6.09. The Morgan fingerprint density at radius 2 is 0.875 bits per heavy atom. The van der Waals surface area contributed by atoms with E-state index in [0.717, 1.165) is 12.2 Å². The minimum absolute atomic E-state index is 0.331. The van der Waals surface area contributed by atoms with Crippen molar-refractivity contribution in [1.82, 2.24) is 0 Å². The van der Waals surface area contributed by atoms with Gasteiger partial charge in [-0.2, -0.15) is 0 Å². The van der Waals surface area contributed by atoms with E-state index in [1.165, 1.54) is 0 Å². The molecule has 0 aliphatic rings. The Morgan fingerprint density at radius 3 is 1.00 bits per heavy atom. The second-order valence-corrected chi connectivity index (χ2v) is 3.55. The van der Waals surface area contributed by atoms with Crippen LogP contribution in [0.2, 0.25) is 0 Å². The molecule has 0 aromatic heterocycles. The molecule has 4 N–H and O–H groups in total. The molecule has 0 saturated heterocycles. The Hall–Kier alpha value is -3.86. The number of hydrogen-bond acceptors (Lipinski definition) is 6. The van der Waals surface area contributed by atoms with E-state index < -0.39 is 11.9 Å². The summed E-state index contributed by atoms with van der Waals surface area (Å²) in [6.07, 6.45) is 1.50. The van der Waals surface area contributed by atoms with E-state index in [2.05, 4.69) is 0 Å². The van der Waals surface area contributed by atoms with Crippen LogP contribution in [0.4, 0.5) is 0 Å². The average molecular weight is 330 g/mol. The zero-order valence-electron chi connectivity index (χ0n) is 12.3. The van der Waals surface area contributed by atoms with Gasteiger partial charge in [0.25, 0.3) is 0 Å². The first-order valence-electron chi connectivity index (χ1n) is 6.09. The van der Waals surface area contributed by atoms with E-state index in [9.17, 15) is 9.59 Å². The van der Waals surface area contributed by atoms with Crippen molar-refractivity contribution in [3.63, 3.8) is 0 Å². The Balaban J connectivity index is 0. The predicted molar refractivity (Wildman–Crippen MR) is 83.6 cm³/mol. The van der Waals surface area contributed by atoms with Gasteiger partial charge in [0.1, 0.15) is 0 Å². The number of hydrogen-bond donors (Lipinski definition) is 4. The summed E-state index contributed by atoms with van der Waals surface area (Å²) in [4.78, 5) is 37.1. The van der Waals surface area contributed by atoms with E-state index in [1.807, 2.05) is 0 Å². The number of benzene rings is 2. The summed E-state index contributed by atoms with van der Waals surface area (Å²) < 4.78 is 0. The number of carbonyl (C=O) groups is 2. The minimum atomic E-state index is -0.879.